The average molecular weight is 1320 g/mol. The SMILES string of the molecule is CCCCCCCC/C=C/CCCCCCCCCCCCCCCCCCC(O)C(=O)NC(COC1OC(CO)C(O)C(O)C1OC(=O)CCCCCCCCCCCCCCCCCCCCCCCCCCC)C(O)/C=C/CCCCCCCCCCCCC. The van der Waals surface area contributed by atoms with Crippen molar-refractivity contribution in [3.8, 4) is 0 Å². The first-order chi connectivity index (χ1) is 45.7. The van der Waals surface area contributed by atoms with Crippen molar-refractivity contribution in [2.45, 2.75) is 474 Å². The van der Waals surface area contributed by atoms with Crippen molar-refractivity contribution in [3.05, 3.63) is 24.3 Å². The molecule has 0 saturated carbocycles. The van der Waals surface area contributed by atoms with E-state index in [-0.39, 0.29) is 13.0 Å². The van der Waals surface area contributed by atoms with Crippen LogP contribution in [-0.2, 0) is 23.8 Å². The fraction of sp³-hybridized carbons (Fsp3) is 0.927. The van der Waals surface area contributed by atoms with Gasteiger partial charge in [-0.1, -0.05) is 392 Å². The van der Waals surface area contributed by atoms with Gasteiger partial charge in [-0.2, -0.15) is 0 Å². The number of hydrogen-bond acceptors (Lipinski definition) is 10. The van der Waals surface area contributed by atoms with Gasteiger partial charge in [0.2, 0.25) is 5.91 Å². The Morgan fingerprint density at radius 2 is 0.710 bits per heavy atom. The zero-order valence-electron chi connectivity index (χ0n) is 61.7. The summed E-state index contributed by atoms with van der Waals surface area (Å²) in [5.74, 6) is -1.17. The molecule has 1 aliphatic heterocycles. The monoisotopic (exact) mass is 1320 g/mol. The third kappa shape index (κ3) is 56.7. The number of esters is 1. The summed E-state index contributed by atoms with van der Waals surface area (Å²) >= 11 is 0. The standard InChI is InChI=1S/C82H157NO10/c1-4-7-10-13-16-19-22-25-27-29-31-33-35-37-39-40-42-44-46-48-51-54-57-60-63-66-69-75(86)81(90)83-73(74(85)68-65-62-59-56-53-50-24-21-18-15-12-9-6-3)72-91-82-80(79(89)78(88)76(71-84)92-82)93-77(87)70-67-64-61-58-55-52-49-47-45-43-41-38-36-34-32-30-28-26-23-20-17-14-11-8-5-2/h25,27,65,68,73-76,78-80,82,84-86,88-89H,4-24,26,28-64,66-67,69-72H2,1-3H3,(H,83,90)/b27-25+,68-65+. The molecular formula is C82H157NO10. The van der Waals surface area contributed by atoms with E-state index in [0.717, 1.165) is 57.8 Å². The number of aliphatic hydroxyl groups is 5. The Bertz CT molecular complexity index is 1610. The largest absolute Gasteiger partial charge is 0.454 e. The van der Waals surface area contributed by atoms with Gasteiger partial charge in [-0.05, 0) is 51.4 Å². The van der Waals surface area contributed by atoms with Crippen LogP contribution in [-0.4, -0.2) is 99.6 Å². The first-order valence-electron chi connectivity index (χ1n) is 41.1. The molecule has 0 bridgehead atoms. The van der Waals surface area contributed by atoms with Gasteiger partial charge in [-0.25, -0.2) is 0 Å². The molecule has 0 aromatic heterocycles. The lowest BCUT2D eigenvalue weighted by Gasteiger charge is -2.41. The van der Waals surface area contributed by atoms with Gasteiger partial charge in [-0.15, -0.1) is 0 Å². The van der Waals surface area contributed by atoms with Gasteiger partial charge >= 0.3 is 5.97 Å². The quantitative estimate of drug-likeness (QED) is 0.0195. The van der Waals surface area contributed by atoms with E-state index in [1.165, 1.54) is 321 Å². The molecule has 8 atom stereocenters. The smallest absolute Gasteiger partial charge is 0.306 e. The van der Waals surface area contributed by atoms with Crippen LogP contribution in [0.15, 0.2) is 24.3 Å². The molecule has 6 N–H and O–H groups in total. The number of amides is 1. The minimum absolute atomic E-state index is 0.132. The third-order valence-corrected chi connectivity index (χ3v) is 19.9. The second-order valence-corrected chi connectivity index (χ2v) is 28.9. The van der Waals surface area contributed by atoms with Gasteiger partial charge < -0.3 is 45.1 Å². The molecule has 0 radical (unpaired) electrons. The summed E-state index contributed by atoms with van der Waals surface area (Å²) in [5.41, 5.74) is 0. The summed E-state index contributed by atoms with van der Waals surface area (Å²) in [7, 11) is 0. The number of aliphatic hydroxyl groups excluding tert-OH is 5. The molecule has 1 amide bonds. The van der Waals surface area contributed by atoms with Crippen molar-refractivity contribution in [2.75, 3.05) is 13.2 Å². The Hall–Kier alpha value is -1.86. The normalized spacial score (nSPS) is 17.9. The summed E-state index contributed by atoms with van der Waals surface area (Å²) < 4.78 is 17.8. The van der Waals surface area contributed by atoms with E-state index in [0.29, 0.717) is 19.3 Å². The van der Waals surface area contributed by atoms with Crippen LogP contribution in [0.5, 0.6) is 0 Å². The molecule has 0 spiro atoms. The molecule has 11 nitrogen and oxygen atoms in total. The van der Waals surface area contributed by atoms with Crippen molar-refractivity contribution >= 4 is 11.9 Å². The van der Waals surface area contributed by atoms with Gasteiger partial charge in [-0.3, -0.25) is 9.59 Å². The number of unbranched alkanes of at least 4 members (excludes halogenated alkanes) is 57. The fourth-order valence-electron chi connectivity index (χ4n) is 13.4. The van der Waals surface area contributed by atoms with Gasteiger partial charge in [0, 0.05) is 6.42 Å². The topological polar surface area (TPSA) is 175 Å². The van der Waals surface area contributed by atoms with E-state index in [2.05, 4.69) is 38.2 Å². The Labute approximate surface area is 575 Å². The molecule has 93 heavy (non-hydrogen) atoms. The number of allylic oxidation sites excluding steroid dienone is 3. The van der Waals surface area contributed by atoms with Gasteiger partial charge in [0.15, 0.2) is 12.4 Å². The zero-order chi connectivity index (χ0) is 67.4. The highest BCUT2D eigenvalue weighted by Gasteiger charge is 2.47. The predicted octanol–water partition coefficient (Wildman–Crippen LogP) is 22.3. The van der Waals surface area contributed by atoms with Crippen LogP contribution in [0.3, 0.4) is 0 Å². The summed E-state index contributed by atoms with van der Waals surface area (Å²) in [6.45, 7) is 5.88. The highest BCUT2D eigenvalue weighted by Crippen LogP contribution is 2.27. The number of carbonyl (C=O) groups excluding carboxylic acids is 2. The first kappa shape index (κ1) is 89.2. The molecule has 1 saturated heterocycles. The van der Waals surface area contributed by atoms with Crippen molar-refractivity contribution in [2.24, 2.45) is 0 Å². The molecule has 1 fully saturated rings. The summed E-state index contributed by atoms with van der Waals surface area (Å²) in [6.07, 6.45) is 76.7. The first-order valence-corrected chi connectivity index (χ1v) is 41.1. The number of hydrogen-bond donors (Lipinski definition) is 6. The van der Waals surface area contributed by atoms with Gasteiger partial charge in [0.05, 0.1) is 25.4 Å². The summed E-state index contributed by atoms with van der Waals surface area (Å²) in [5, 5.41) is 57.5. The van der Waals surface area contributed by atoms with E-state index < -0.39 is 67.4 Å². The maximum atomic E-state index is 13.5. The van der Waals surface area contributed by atoms with Crippen LogP contribution in [0.25, 0.3) is 0 Å². The van der Waals surface area contributed by atoms with Crippen molar-refractivity contribution in [3.63, 3.8) is 0 Å². The molecule has 1 aliphatic rings. The molecule has 1 rings (SSSR count). The van der Waals surface area contributed by atoms with Gasteiger partial charge in [0.25, 0.3) is 0 Å². The minimum atomic E-state index is -1.61. The van der Waals surface area contributed by atoms with E-state index in [9.17, 15) is 35.1 Å². The maximum absolute atomic E-state index is 13.5. The van der Waals surface area contributed by atoms with E-state index >= 15 is 0 Å². The molecule has 0 aromatic carbocycles. The molecule has 550 valence electrons. The summed E-state index contributed by atoms with van der Waals surface area (Å²) in [6, 6.07) is -1.02. The summed E-state index contributed by atoms with van der Waals surface area (Å²) in [4.78, 5) is 26.8. The average Bonchev–Trinajstić information content (AvgIpc) is 0.910. The maximum Gasteiger partial charge on any atom is 0.306 e. The zero-order valence-corrected chi connectivity index (χ0v) is 61.7. The highest BCUT2D eigenvalue weighted by molar-refractivity contribution is 5.80. The molecule has 1 heterocycles. The number of carbonyl (C=O) groups is 2. The molecule has 11 heteroatoms. The Balaban J connectivity index is 2.48. The molecule has 0 aromatic rings. The number of nitrogens with one attached hydrogen (secondary N) is 1. The highest BCUT2D eigenvalue weighted by atomic mass is 16.7. The number of ether oxygens (including phenoxy) is 3. The lowest BCUT2D eigenvalue weighted by molar-refractivity contribution is -0.305. The van der Waals surface area contributed by atoms with E-state index in [1.54, 1.807) is 6.08 Å². The minimum Gasteiger partial charge on any atom is -0.454 e. The van der Waals surface area contributed by atoms with Crippen LogP contribution in [0.2, 0.25) is 0 Å². The molecule has 0 aliphatic carbocycles. The van der Waals surface area contributed by atoms with Crippen LogP contribution >= 0.6 is 0 Å². The Kier molecular flexibility index (Phi) is 67.1. The van der Waals surface area contributed by atoms with Crippen molar-refractivity contribution < 1.29 is 49.3 Å². The van der Waals surface area contributed by atoms with Crippen molar-refractivity contribution in [1.29, 1.82) is 0 Å². The van der Waals surface area contributed by atoms with Crippen LogP contribution < -0.4 is 5.32 Å². The van der Waals surface area contributed by atoms with Crippen LogP contribution in [0.1, 0.15) is 425 Å². The second-order valence-electron chi connectivity index (χ2n) is 28.9. The number of rotatable bonds is 73. The van der Waals surface area contributed by atoms with Crippen LogP contribution in [0.4, 0.5) is 0 Å². The Morgan fingerprint density at radius 1 is 0.409 bits per heavy atom. The molecule has 8 unspecified atom stereocenters. The van der Waals surface area contributed by atoms with Crippen molar-refractivity contribution in [1.82, 2.24) is 5.32 Å². The predicted molar refractivity (Wildman–Crippen MR) is 394 cm³/mol. The van der Waals surface area contributed by atoms with Gasteiger partial charge in [0.1, 0.15) is 24.4 Å². The second kappa shape index (κ2) is 70.0. The third-order valence-electron chi connectivity index (χ3n) is 19.9. The Morgan fingerprint density at radius 3 is 1.04 bits per heavy atom. The lowest BCUT2D eigenvalue weighted by atomic mass is 9.99. The lowest BCUT2D eigenvalue weighted by Crippen LogP contribution is -2.61. The molecular weight excluding hydrogens is 1160 g/mol. The van der Waals surface area contributed by atoms with E-state index in [1.807, 2.05) is 6.08 Å². The van der Waals surface area contributed by atoms with Crippen LogP contribution in [0, 0.1) is 0 Å². The fourth-order valence-corrected chi connectivity index (χ4v) is 13.4. The van der Waals surface area contributed by atoms with E-state index in [4.69, 9.17) is 14.2 Å².